The van der Waals surface area contributed by atoms with Crippen molar-refractivity contribution in [1.29, 1.82) is 0 Å². The molecule has 4 rings (SSSR count). The molecule has 2 aliphatic heterocycles. The standard InChI is InChI=1S/C19H22FN5O2/c1-24-8-5-14(11-27-17-16(20)3-2-6-21-17)9-19(24)12-25(13-19)18(26)15-4-7-22-23-10-15/h2-4,6-7,10,14H,5,8-9,11-13H2,1H3/t14-/m0/s1. The zero-order valence-electron chi connectivity index (χ0n) is 15.2. The Kier molecular flexibility index (Phi) is 4.73. The van der Waals surface area contributed by atoms with Crippen LogP contribution >= 0.6 is 0 Å². The molecular weight excluding hydrogens is 349 g/mol. The third kappa shape index (κ3) is 3.49. The van der Waals surface area contributed by atoms with Crippen molar-refractivity contribution >= 4 is 5.91 Å². The second-order valence-electron chi connectivity index (χ2n) is 7.40. The molecule has 8 heteroatoms. The van der Waals surface area contributed by atoms with E-state index in [2.05, 4.69) is 27.1 Å². The second-order valence-corrected chi connectivity index (χ2v) is 7.40. The van der Waals surface area contributed by atoms with Gasteiger partial charge in [-0.3, -0.25) is 9.69 Å². The number of aromatic nitrogens is 3. The van der Waals surface area contributed by atoms with E-state index < -0.39 is 5.82 Å². The maximum absolute atomic E-state index is 13.7. The molecule has 2 fully saturated rings. The first-order chi connectivity index (χ1) is 13.1. The van der Waals surface area contributed by atoms with E-state index in [1.165, 1.54) is 24.7 Å². The van der Waals surface area contributed by atoms with Crippen molar-refractivity contribution < 1.29 is 13.9 Å². The van der Waals surface area contributed by atoms with Crippen LogP contribution in [-0.4, -0.2) is 69.7 Å². The van der Waals surface area contributed by atoms with Gasteiger partial charge in [-0.25, -0.2) is 9.37 Å². The molecule has 0 radical (unpaired) electrons. The van der Waals surface area contributed by atoms with Gasteiger partial charge in [-0.05, 0) is 50.6 Å². The fourth-order valence-corrected chi connectivity index (χ4v) is 4.00. The van der Waals surface area contributed by atoms with E-state index in [9.17, 15) is 9.18 Å². The van der Waals surface area contributed by atoms with E-state index in [-0.39, 0.29) is 17.3 Å². The average Bonchev–Trinajstić information content (AvgIpc) is 2.67. The number of carbonyl (C=O) groups is 1. The summed E-state index contributed by atoms with van der Waals surface area (Å²) < 4.78 is 19.3. The Morgan fingerprint density at radius 1 is 1.33 bits per heavy atom. The molecule has 4 heterocycles. The van der Waals surface area contributed by atoms with Crippen LogP contribution in [0.4, 0.5) is 4.39 Å². The van der Waals surface area contributed by atoms with Crippen LogP contribution in [0.15, 0.2) is 36.8 Å². The Labute approximate surface area is 157 Å². The quantitative estimate of drug-likeness (QED) is 0.814. The number of pyridine rings is 1. The van der Waals surface area contributed by atoms with E-state index in [1.807, 2.05) is 4.90 Å². The molecule has 0 N–H and O–H groups in total. The van der Waals surface area contributed by atoms with Crippen molar-refractivity contribution in [3.8, 4) is 5.88 Å². The zero-order valence-corrected chi connectivity index (χ0v) is 15.2. The zero-order chi connectivity index (χ0) is 18.9. The fourth-order valence-electron chi connectivity index (χ4n) is 4.00. The molecule has 2 saturated heterocycles. The van der Waals surface area contributed by atoms with Gasteiger partial charge < -0.3 is 9.64 Å². The summed E-state index contributed by atoms with van der Waals surface area (Å²) in [4.78, 5) is 20.7. The number of carbonyl (C=O) groups excluding carboxylic acids is 1. The number of hydrogen-bond donors (Lipinski definition) is 0. The number of amides is 1. The molecule has 1 amide bonds. The Balaban J connectivity index is 1.36. The Bertz CT molecular complexity index is 813. The molecule has 142 valence electrons. The van der Waals surface area contributed by atoms with Crippen LogP contribution in [0.2, 0.25) is 0 Å². The topological polar surface area (TPSA) is 71.5 Å². The summed E-state index contributed by atoms with van der Waals surface area (Å²) in [5.41, 5.74) is 0.522. The normalized spacial score (nSPS) is 21.7. The predicted octanol–water partition coefficient (Wildman–Crippen LogP) is 1.63. The summed E-state index contributed by atoms with van der Waals surface area (Å²) in [6.45, 7) is 2.72. The van der Waals surface area contributed by atoms with E-state index in [0.717, 1.165) is 19.4 Å². The van der Waals surface area contributed by atoms with Gasteiger partial charge in [-0.15, -0.1) is 0 Å². The van der Waals surface area contributed by atoms with Crippen LogP contribution in [0.25, 0.3) is 0 Å². The predicted molar refractivity (Wildman–Crippen MR) is 95.7 cm³/mol. The summed E-state index contributed by atoms with van der Waals surface area (Å²) in [6, 6.07) is 4.58. The Hall–Kier alpha value is -2.61. The summed E-state index contributed by atoms with van der Waals surface area (Å²) >= 11 is 0. The first-order valence-electron chi connectivity index (χ1n) is 9.08. The van der Waals surface area contributed by atoms with Gasteiger partial charge in [0.15, 0.2) is 5.82 Å². The lowest BCUT2D eigenvalue weighted by molar-refractivity contribution is -0.0697. The molecule has 0 aromatic carbocycles. The summed E-state index contributed by atoms with van der Waals surface area (Å²) in [6.07, 6.45) is 6.44. The van der Waals surface area contributed by atoms with Gasteiger partial charge >= 0.3 is 0 Å². The molecule has 0 saturated carbocycles. The Morgan fingerprint density at radius 3 is 2.93 bits per heavy atom. The minimum atomic E-state index is -0.438. The molecule has 0 aliphatic carbocycles. The van der Waals surface area contributed by atoms with Gasteiger partial charge in [0.05, 0.1) is 30.1 Å². The largest absolute Gasteiger partial charge is 0.475 e. The molecule has 0 bridgehead atoms. The van der Waals surface area contributed by atoms with Gasteiger partial charge in [-0.2, -0.15) is 10.2 Å². The average molecular weight is 371 g/mol. The lowest BCUT2D eigenvalue weighted by Crippen LogP contribution is -2.72. The van der Waals surface area contributed by atoms with E-state index in [4.69, 9.17) is 4.74 Å². The SMILES string of the molecule is CN1CC[C@H](COc2ncccc2F)CC12CN(C(=O)c1ccnnc1)C2. The van der Waals surface area contributed by atoms with Crippen molar-refractivity contribution in [1.82, 2.24) is 25.0 Å². The van der Waals surface area contributed by atoms with Crippen LogP contribution in [0, 0.1) is 11.7 Å². The van der Waals surface area contributed by atoms with Crippen LogP contribution in [0.1, 0.15) is 23.2 Å². The van der Waals surface area contributed by atoms with Crippen molar-refractivity contribution in [2.45, 2.75) is 18.4 Å². The van der Waals surface area contributed by atoms with Gasteiger partial charge in [0, 0.05) is 19.3 Å². The van der Waals surface area contributed by atoms with Crippen molar-refractivity contribution in [2.75, 3.05) is 33.3 Å². The minimum Gasteiger partial charge on any atom is -0.475 e. The molecule has 1 atom stereocenters. The highest BCUT2D eigenvalue weighted by molar-refractivity contribution is 5.94. The number of halogens is 1. The van der Waals surface area contributed by atoms with Crippen molar-refractivity contribution in [3.05, 3.63) is 48.2 Å². The highest BCUT2D eigenvalue weighted by atomic mass is 19.1. The number of nitrogens with zero attached hydrogens (tertiary/aromatic N) is 5. The maximum atomic E-state index is 13.7. The first-order valence-corrected chi connectivity index (χ1v) is 9.08. The second kappa shape index (κ2) is 7.19. The summed E-state index contributed by atoms with van der Waals surface area (Å²) in [5.74, 6) is -0.0899. The van der Waals surface area contributed by atoms with Crippen LogP contribution in [0.3, 0.4) is 0 Å². The number of ether oxygens (including phenoxy) is 1. The molecular formula is C19H22FN5O2. The third-order valence-electron chi connectivity index (χ3n) is 5.62. The number of likely N-dealkylation sites (tertiary alicyclic amines) is 2. The molecule has 2 aromatic rings. The van der Waals surface area contributed by atoms with Gasteiger partial charge in [0.1, 0.15) is 0 Å². The van der Waals surface area contributed by atoms with E-state index in [0.29, 0.717) is 31.2 Å². The lowest BCUT2D eigenvalue weighted by atomic mass is 9.75. The Morgan fingerprint density at radius 2 is 2.19 bits per heavy atom. The highest BCUT2D eigenvalue weighted by Gasteiger charge is 2.51. The van der Waals surface area contributed by atoms with Crippen molar-refractivity contribution in [2.24, 2.45) is 5.92 Å². The summed E-state index contributed by atoms with van der Waals surface area (Å²) in [7, 11) is 2.10. The summed E-state index contributed by atoms with van der Waals surface area (Å²) in [5, 5.41) is 7.49. The number of hydrogen-bond acceptors (Lipinski definition) is 6. The third-order valence-corrected chi connectivity index (χ3v) is 5.62. The molecule has 1 spiro atoms. The number of rotatable bonds is 4. The minimum absolute atomic E-state index is 0.0159. The van der Waals surface area contributed by atoms with Crippen LogP contribution < -0.4 is 4.74 Å². The molecule has 0 unspecified atom stereocenters. The van der Waals surface area contributed by atoms with Crippen LogP contribution in [-0.2, 0) is 0 Å². The molecule has 27 heavy (non-hydrogen) atoms. The lowest BCUT2D eigenvalue weighted by Gasteiger charge is -2.58. The highest BCUT2D eigenvalue weighted by Crippen LogP contribution is 2.39. The fraction of sp³-hybridized carbons (Fsp3) is 0.474. The first kappa shape index (κ1) is 17.8. The van der Waals surface area contributed by atoms with Gasteiger partial charge in [-0.1, -0.05) is 0 Å². The van der Waals surface area contributed by atoms with Gasteiger partial charge in [0.2, 0.25) is 5.88 Å². The van der Waals surface area contributed by atoms with Gasteiger partial charge in [0.25, 0.3) is 5.91 Å². The van der Waals surface area contributed by atoms with Crippen molar-refractivity contribution in [3.63, 3.8) is 0 Å². The number of likely N-dealkylation sites (N-methyl/N-ethyl adjacent to an activating group) is 1. The molecule has 2 aliphatic rings. The monoisotopic (exact) mass is 371 g/mol. The molecule has 7 nitrogen and oxygen atoms in total. The number of piperidine rings is 1. The van der Waals surface area contributed by atoms with E-state index >= 15 is 0 Å². The van der Waals surface area contributed by atoms with E-state index in [1.54, 1.807) is 12.1 Å². The van der Waals surface area contributed by atoms with Crippen LogP contribution in [0.5, 0.6) is 5.88 Å². The molecule has 2 aromatic heterocycles. The maximum Gasteiger partial charge on any atom is 0.255 e. The smallest absolute Gasteiger partial charge is 0.255 e.